The average molecular weight is 145 g/mol. The highest BCUT2D eigenvalue weighted by atomic mass is 16.7. The Hall–Kier alpha value is -0.630. The number of rotatable bonds is 6. The molecule has 58 valence electrons. The fourth-order valence-electron chi connectivity index (χ4n) is 0.359. The van der Waals surface area contributed by atoms with Crippen LogP contribution in [0.5, 0.6) is 0 Å². The molecule has 0 aliphatic heterocycles. The van der Waals surface area contributed by atoms with Crippen LogP contribution >= 0.6 is 0 Å². The summed E-state index contributed by atoms with van der Waals surface area (Å²) in [5, 5.41) is 16.3. The van der Waals surface area contributed by atoms with Crippen molar-refractivity contribution in [3.8, 4) is 6.07 Å². The highest BCUT2D eigenvalue weighted by molar-refractivity contribution is 4.66. The Bertz CT molecular complexity index is 99.7. The Kier molecular flexibility index (Phi) is 7.84. The summed E-state index contributed by atoms with van der Waals surface area (Å²) in [5.41, 5.74) is 0. The molecule has 0 atom stereocenters. The van der Waals surface area contributed by atoms with Crippen molar-refractivity contribution in [2.75, 3.05) is 26.6 Å². The molecule has 0 saturated carbocycles. The standard InChI is InChI=1S/C6H11NO3/c7-2-1-4-9-6-10-5-3-8/h8H,1,3-6H2. The number of aliphatic hydroxyl groups excluding tert-OH is 1. The molecule has 0 saturated heterocycles. The average Bonchev–Trinajstić information content (AvgIpc) is 1.97. The monoisotopic (exact) mass is 145 g/mol. The fraction of sp³-hybridized carbons (Fsp3) is 0.833. The molecule has 0 radical (unpaired) electrons. The Labute approximate surface area is 60.0 Å². The van der Waals surface area contributed by atoms with Gasteiger partial charge in [-0.15, -0.1) is 0 Å². The normalized spacial score (nSPS) is 9.20. The summed E-state index contributed by atoms with van der Waals surface area (Å²) in [5.74, 6) is 0. The summed E-state index contributed by atoms with van der Waals surface area (Å²) in [6.45, 7) is 0.832. The molecule has 0 heterocycles. The van der Waals surface area contributed by atoms with Gasteiger partial charge < -0.3 is 14.6 Å². The molecule has 0 unspecified atom stereocenters. The minimum absolute atomic E-state index is 0.00160. The molecule has 0 fully saturated rings. The Morgan fingerprint density at radius 1 is 1.30 bits per heavy atom. The van der Waals surface area contributed by atoms with E-state index in [1.54, 1.807) is 0 Å². The van der Waals surface area contributed by atoms with Crippen LogP contribution in [0.25, 0.3) is 0 Å². The van der Waals surface area contributed by atoms with Gasteiger partial charge in [-0.25, -0.2) is 0 Å². The summed E-state index contributed by atoms with van der Waals surface area (Å²) in [4.78, 5) is 0. The SMILES string of the molecule is N#CCCOCOCCO. The van der Waals surface area contributed by atoms with Crippen molar-refractivity contribution >= 4 is 0 Å². The molecule has 4 nitrogen and oxygen atoms in total. The van der Waals surface area contributed by atoms with Gasteiger partial charge in [-0.1, -0.05) is 0 Å². The molecule has 10 heavy (non-hydrogen) atoms. The second-order valence-electron chi connectivity index (χ2n) is 1.57. The Balaban J connectivity index is 2.72. The van der Waals surface area contributed by atoms with Crippen LogP contribution in [0.1, 0.15) is 6.42 Å². The molecule has 0 rings (SSSR count). The maximum Gasteiger partial charge on any atom is 0.146 e. The van der Waals surface area contributed by atoms with E-state index >= 15 is 0 Å². The second-order valence-corrected chi connectivity index (χ2v) is 1.57. The van der Waals surface area contributed by atoms with Crippen molar-refractivity contribution in [1.29, 1.82) is 5.26 Å². The van der Waals surface area contributed by atoms with E-state index in [1.807, 2.05) is 6.07 Å². The number of hydrogen-bond acceptors (Lipinski definition) is 4. The summed E-state index contributed by atoms with van der Waals surface area (Å²) < 4.78 is 9.57. The molecule has 0 bridgehead atoms. The number of nitrogens with zero attached hydrogens (tertiary/aromatic N) is 1. The maximum absolute atomic E-state index is 8.24. The molecule has 0 aromatic rings. The Morgan fingerprint density at radius 3 is 2.60 bits per heavy atom. The zero-order chi connectivity index (χ0) is 7.66. The quantitative estimate of drug-likeness (QED) is 0.418. The smallest absolute Gasteiger partial charge is 0.146 e. The lowest BCUT2D eigenvalue weighted by atomic mass is 10.5. The van der Waals surface area contributed by atoms with E-state index < -0.39 is 0 Å². The van der Waals surface area contributed by atoms with Crippen LogP contribution in [0.4, 0.5) is 0 Å². The molecular formula is C6H11NO3. The molecule has 0 aromatic heterocycles. The number of hydrogen-bond donors (Lipinski definition) is 1. The van der Waals surface area contributed by atoms with Crippen molar-refractivity contribution in [2.45, 2.75) is 6.42 Å². The zero-order valence-corrected chi connectivity index (χ0v) is 5.75. The maximum atomic E-state index is 8.24. The van der Waals surface area contributed by atoms with E-state index in [-0.39, 0.29) is 20.0 Å². The predicted molar refractivity (Wildman–Crippen MR) is 34.1 cm³/mol. The molecule has 0 amide bonds. The van der Waals surface area contributed by atoms with E-state index in [2.05, 4.69) is 0 Å². The lowest BCUT2D eigenvalue weighted by Crippen LogP contribution is -2.04. The minimum atomic E-state index is 0.00160. The van der Waals surface area contributed by atoms with Crippen molar-refractivity contribution in [2.24, 2.45) is 0 Å². The van der Waals surface area contributed by atoms with Crippen LogP contribution in [-0.4, -0.2) is 31.7 Å². The lowest BCUT2D eigenvalue weighted by molar-refractivity contribution is -0.0605. The van der Waals surface area contributed by atoms with E-state index in [4.69, 9.17) is 19.8 Å². The van der Waals surface area contributed by atoms with Crippen molar-refractivity contribution in [3.05, 3.63) is 0 Å². The van der Waals surface area contributed by atoms with Gasteiger partial charge in [0.2, 0.25) is 0 Å². The third kappa shape index (κ3) is 7.37. The third-order valence-corrected chi connectivity index (χ3v) is 0.760. The number of aliphatic hydroxyl groups is 1. The van der Waals surface area contributed by atoms with Gasteiger partial charge in [0.05, 0.1) is 32.3 Å². The van der Waals surface area contributed by atoms with Gasteiger partial charge in [-0.05, 0) is 0 Å². The van der Waals surface area contributed by atoms with Crippen molar-refractivity contribution in [1.82, 2.24) is 0 Å². The predicted octanol–water partition coefficient (Wildman–Crippen LogP) is -0.117. The molecular weight excluding hydrogens is 134 g/mol. The van der Waals surface area contributed by atoms with Gasteiger partial charge in [-0.3, -0.25) is 0 Å². The second kappa shape index (κ2) is 8.37. The fourth-order valence-corrected chi connectivity index (χ4v) is 0.359. The molecule has 0 spiro atoms. The molecule has 0 aliphatic rings. The molecule has 4 heteroatoms. The Morgan fingerprint density at radius 2 is 2.00 bits per heavy atom. The van der Waals surface area contributed by atoms with Crippen molar-refractivity contribution < 1.29 is 14.6 Å². The van der Waals surface area contributed by atoms with Crippen LogP contribution in [-0.2, 0) is 9.47 Å². The van der Waals surface area contributed by atoms with E-state index in [1.165, 1.54) is 0 Å². The first-order valence-electron chi connectivity index (χ1n) is 3.05. The first kappa shape index (κ1) is 9.37. The first-order chi connectivity index (χ1) is 4.91. The molecule has 0 aromatic carbocycles. The van der Waals surface area contributed by atoms with Gasteiger partial charge in [-0.2, -0.15) is 5.26 Å². The summed E-state index contributed by atoms with van der Waals surface area (Å²) in [6, 6.07) is 1.93. The molecule has 1 N–H and O–H groups in total. The highest BCUT2D eigenvalue weighted by Crippen LogP contribution is 1.80. The first-order valence-corrected chi connectivity index (χ1v) is 3.05. The largest absolute Gasteiger partial charge is 0.394 e. The van der Waals surface area contributed by atoms with E-state index in [0.29, 0.717) is 13.0 Å². The van der Waals surface area contributed by atoms with E-state index in [0.717, 1.165) is 0 Å². The topological polar surface area (TPSA) is 62.5 Å². The van der Waals surface area contributed by atoms with Gasteiger partial charge in [0, 0.05) is 0 Å². The third-order valence-electron chi connectivity index (χ3n) is 0.760. The van der Waals surface area contributed by atoms with Crippen LogP contribution in [0.3, 0.4) is 0 Å². The summed E-state index contributed by atoms with van der Waals surface area (Å²) in [7, 11) is 0. The van der Waals surface area contributed by atoms with E-state index in [9.17, 15) is 0 Å². The summed E-state index contributed by atoms with van der Waals surface area (Å²) in [6.07, 6.45) is 0.377. The lowest BCUT2D eigenvalue weighted by Gasteiger charge is -2.00. The van der Waals surface area contributed by atoms with Crippen molar-refractivity contribution in [3.63, 3.8) is 0 Å². The highest BCUT2D eigenvalue weighted by Gasteiger charge is 1.85. The van der Waals surface area contributed by atoms with Crippen LogP contribution < -0.4 is 0 Å². The van der Waals surface area contributed by atoms with Crippen LogP contribution in [0.2, 0.25) is 0 Å². The molecule has 0 aliphatic carbocycles. The minimum Gasteiger partial charge on any atom is -0.394 e. The summed E-state index contributed by atoms with van der Waals surface area (Å²) >= 11 is 0. The van der Waals surface area contributed by atoms with Gasteiger partial charge >= 0.3 is 0 Å². The van der Waals surface area contributed by atoms with Gasteiger partial charge in [0.25, 0.3) is 0 Å². The van der Waals surface area contributed by atoms with Gasteiger partial charge in [0.15, 0.2) is 0 Å². The number of nitriles is 1. The zero-order valence-electron chi connectivity index (χ0n) is 5.75. The van der Waals surface area contributed by atoms with Crippen LogP contribution in [0, 0.1) is 11.3 Å². The number of ether oxygens (including phenoxy) is 2. The van der Waals surface area contributed by atoms with Crippen LogP contribution in [0.15, 0.2) is 0 Å². The van der Waals surface area contributed by atoms with Gasteiger partial charge in [0.1, 0.15) is 6.79 Å².